The molecule has 0 bridgehead atoms. The third kappa shape index (κ3) is 2.96. The standard InChI is InChI=1S/C15H20N4O3S/c1-3-15(2)13(21)19(14(22)16-15)17-12(20)9-18-6-4-11-10(8-18)5-7-23-11/h5,7H,3-4,6,8-9H2,1-2H3,(H,16,22)(H,17,20)/t15-/m1/s1. The first kappa shape index (κ1) is 15.9. The molecule has 124 valence electrons. The maximum atomic E-state index is 12.2. The normalized spacial score (nSPS) is 24.5. The first-order valence-electron chi connectivity index (χ1n) is 7.67. The number of carbonyl (C=O) groups excluding carboxylic acids is 3. The Hall–Kier alpha value is -1.93. The second-order valence-electron chi connectivity index (χ2n) is 6.12. The largest absolute Gasteiger partial charge is 0.344 e. The smallest absolute Gasteiger partial charge is 0.322 e. The molecule has 3 rings (SSSR count). The van der Waals surface area contributed by atoms with Gasteiger partial charge in [0, 0.05) is 18.0 Å². The molecule has 2 aliphatic rings. The third-order valence-corrected chi connectivity index (χ3v) is 5.48. The fourth-order valence-electron chi connectivity index (χ4n) is 2.83. The van der Waals surface area contributed by atoms with Gasteiger partial charge in [0.15, 0.2) is 0 Å². The van der Waals surface area contributed by atoms with E-state index in [1.54, 1.807) is 18.3 Å². The van der Waals surface area contributed by atoms with E-state index in [2.05, 4.69) is 22.2 Å². The van der Waals surface area contributed by atoms with Crippen molar-refractivity contribution in [3.05, 3.63) is 21.9 Å². The van der Waals surface area contributed by atoms with Gasteiger partial charge in [-0.25, -0.2) is 4.79 Å². The van der Waals surface area contributed by atoms with Crippen LogP contribution in [0.5, 0.6) is 0 Å². The minimum Gasteiger partial charge on any atom is -0.322 e. The summed E-state index contributed by atoms with van der Waals surface area (Å²) >= 11 is 1.74. The number of amides is 4. The lowest BCUT2D eigenvalue weighted by Gasteiger charge is -2.27. The van der Waals surface area contributed by atoms with Gasteiger partial charge in [-0.05, 0) is 36.8 Å². The molecule has 1 fully saturated rings. The minimum absolute atomic E-state index is 0.162. The summed E-state index contributed by atoms with van der Waals surface area (Å²) < 4.78 is 0. The second-order valence-corrected chi connectivity index (χ2v) is 7.12. The lowest BCUT2D eigenvalue weighted by molar-refractivity contribution is -0.139. The van der Waals surface area contributed by atoms with Crippen LogP contribution in [0.25, 0.3) is 0 Å². The highest BCUT2D eigenvalue weighted by Gasteiger charge is 2.47. The third-order valence-electron chi connectivity index (χ3n) is 4.46. The van der Waals surface area contributed by atoms with E-state index in [9.17, 15) is 14.4 Å². The van der Waals surface area contributed by atoms with Crippen molar-refractivity contribution in [2.45, 2.75) is 38.8 Å². The van der Waals surface area contributed by atoms with E-state index in [1.165, 1.54) is 10.4 Å². The van der Waals surface area contributed by atoms with Crippen LogP contribution in [0.4, 0.5) is 4.79 Å². The molecule has 23 heavy (non-hydrogen) atoms. The van der Waals surface area contributed by atoms with Crippen molar-refractivity contribution >= 4 is 29.2 Å². The molecular weight excluding hydrogens is 316 g/mol. The summed E-state index contributed by atoms with van der Waals surface area (Å²) in [6, 6.07) is 1.50. The van der Waals surface area contributed by atoms with E-state index >= 15 is 0 Å². The van der Waals surface area contributed by atoms with Crippen molar-refractivity contribution < 1.29 is 14.4 Å². The van der Waals surface area contributed by atoms with Gasteiger partial charge in [-0.2, -0.15) is 5.01 Å². The Morgan fingerprint density at radius 2 is 2.26 bits per heavy atom. The number of hydrazine groups is 1. The number of carbonyl (C=O) groups is 3. The van der Waals surface area contributed by atoms with Gasteiger partial charge in [-0.15, -0.1) is 11.3 Å². The topological polar surface area (TPSA) is 81.8 Å². The number of hydrogen-bond donors (Lipinski definition) is 2. The molecule has 1 aromatic rings. The summed E-state index contributed by atoms with van der Waals surface area (Å²) in [4.78, 5) is 39.7. The molecule has 0 unspecified atom stereocenters. The van der Waals surface area contributed by atoms with Crippen molar-refractivity contribution in [3.63, 3.8) is 0 Å². The molecule has 0 radical (unpaired) electrons. The van der Waals surface area contributed by atoms with Gasteiger partial charge in [-0.1, -0.05) is 6.92 Å². The molecule has 0 spiro atoms. The number of rotatable bonds is 4. The molecule has 0 saturated carbocycles. The summed E-state index contributed by atoms with van der Waals surface area (Å²) in [6.45, 7) is 5.15. The summed E-state index contributed by atoms with van der Waals surface area (Å²) in [5.74, 6) is -0.773. The van der Waals surface area contributed by atoms with E-state index in [-0.39, 0.29) is 12.5 Å². The SMILES string of the molecule is CC[C@@]1(C)NC(=O)N(NC(=O)CN2CCc3sccc3C2)C1=O. The van der Waals surface area contributed by atoms with Gasteiger partial charge < -0.3 is 5.32 Å². The number of fused-ring (bicyclic) bond motifs is 1. The van der Waals surface area contributed by atoms with Crippen LogP contribution in [0.15, 0.2) is 11.4 Å². The fraction of sp³-hybridized carbons (Fsp3) is 0.533. The van der Waals surface area contributed by atoms with Crippen molar-refractivity contribution in [1.82, 2.24) is 20.7 Å². The van der Waals surface area contributed by atoms with Crippen LogP contribution in [0.3, 0.4) is 0 Å². The first-order chi connectivity index (χ1) is 10.9. The molecule has 1 atom stereocenters. The summed E-state index contributed by atoms with van der Waals surface area (Å²) in [5, 5.41) is 5.47. The Bertz CT molecular complexity index is 659. The van der Waals surface area contributed by atoms with Crippen molar-refractivity contribution in [1.29, 1.82) is 0 Å². The molecule has 8 heteroatoms. The zero-order valence-corrected chi connectivity index (χ0v) is 14.0. The van der Waals surface area contributed by atoms with E-state index in [4.69, 9.17) is 0 Å². The Balaban J connectivity index is 1.58. The highest BCUT2D eigenvalue weighted by atomic mass is 32.1. The van der Waals surface area contributed by atoms with Crippen molar-refractivity contribution in [2.75, 3.05) is 13.1 Å². The predicted octanol–water partition coefficient (Wildman–Crippen LogP) is 0.858. The number of hydrogen-bond acceptors (Lipinski definition) is 5. The predicted molar refractivity (Wildman–Crippen MR) is 85.5 cm³/mol. The van der Waals surface area contributed by atoms with Crippen LogP contribution in [-0.2, 0) is 22.6 Å². The molecule has 2 N–H and O–H groups in total. The molecule has 2 aliphatic heterocycles. The molecule has 7 nitrogen and oxygen atoms in total. The number of urea groups is 1. The number of nitrogens with zero attached hydrogens (tertiary/aromatic N) is 2. The minimum atomic E-state index is -0.943. The van der Waals surface area contributed by atoms with Crippen LogP contribution in [-0.4, -0.2) is 46.4 Å². The molecule has 0 aliphatic carbocycles. The van der Waals surface area contributed by atoms with Gasteiger partial charge >= 0.3 is 6.03 Å². The Labute approximate surface area is 138 Å². The van der Waals surface area contributed by atoms with E-state index in [0.717, 1.165) is 24.5 Å². The number of imide groups is 1. The molecule has 3 heterocycles. The van der Waals surface area contributed by atoms with Gasteiger partial charge in [-0.3, -0.25) is 19.9 Å². The van der Waals surface area contributed by atoms with Gasteiger partial charge in [0.25, 0.3) is 11.8 Å². The number of thiophene rings is 1. The lowest BCUT2D eigenvalue weighted by Crippen LogP contribution is -2.51. The second kappa shape index (κ2) is 5.93. The average Bonchev–Trinajstić information content (AvgIpc) is 3.06. The van der Waals surface area contributed by atoms with Crippen LogP contribution >= 0.6 is 11.3 Å². The fourth-order valence-corrected chi connectivity index (χ4v) is 3.72. The Morgan fingerprint density at radius 1 is 1.48 bits per heavy atom. The van der Waals surface area contributed by atoms with E-state index < -0.39 is 17.5 Å². The monoisotopic (exact) mass is 336 g/mol. The Kier molecular flexibility index (Phi) is 4.11. The summed E-state index contributed by atoms with van der Waals surface area (Å²) in [5.41, 5.74) is 2.74. The zero-order chi connectivity index (χ0) is 16.6. The summed E-state index contributed by atoms with van der Waals surface area (Å²) in [7, 11) is 0. The Morgan fingerprint density at radius 3 is 2.96 bits per heavy atom. The van der Waals surface area contributed by atoms with Crippen molar-refractivity contribution in [2.24, 2.45) is 0 Å². The highest BCUT2D eigenvalue weighted by molar-refractivity contribution is 7.10. The first-order valence-corrected chi connectivity index (χ1v) is 8.54. The molecule has 0 aromatic carbocycles. The van der Waals surface area contributed by atoms with Crippen LogP contribution in [0.1, 0.15) is 30.7 Å². The highest BCUT2D eigenvalue weighted by Crippen LogP contribution is 2.24. The molecule has 1 aromatic heterocycles. The van der Waals surface area contributed by atoms with E-state index in [0.29, 0.717) is 6.42 Å². The van der Waals surface area contributed by atoms with E-state index in [1.807, 2.05) is 11.8 Å². The molecular formula is C15H20N4O3S. The van der Waals surface area contributed by atoms with Gasteiger partial charge in [0.05, 0.1) is 6.54 Å². The van der Waals surface area contributed by atoms with Crippen molar-refractivity contribution in [3.8, 4) is 0 Å². The molecule has 1 saturated heterocycles. The van der Waals surface area contributed by atoms with Crippen LogP contribution in [0, 0.1) is 0 Å². The molecule has 4 amide bonds. The van der Waals surface area contributed by atoms with Crippen LogP contribution in [0.2, 0.25) is 0 Å². The number of nitrogens with one attached hydrogen (secondary N) is 2. The van der Waals surface area contributed by atoms with Crippen LogP contribution < -0.4 is 10.7 Å². The summed E-state index contributed by atoms with van der Waals surface area (Å²) in [6.07, 6.45) is 1.40. The lowest BCUT2D eigenvalue weighted by atomic mass is 10.00. The average molecular weight is 336 g/mol. The zero-order valence-electron chi connectivity index (χ0n) is 13.2. The maximum Gasteiger partial charge on any atom is 0.344 e. The van der Waals surface area contributed by atoms with Gasteiger partial charge in [0.2, 0.25) is 0 Å². The maximum absolute atomic E-state index is 12.2. The van der Waals surface area contributed by atoms with Gasteiger partial charge in [0.1, 0.15) is 5.54 Å². The quantitative estimate of drug-likeness (QED) is 0.799.